The fraction of sp³-hybridized carbons (Fsp3) is 1.00. The molecule has 4 aliphatic rings. The van der Waals surface area contributed by atoms with E-state index in [0.29, 0.717) is 18.6 Å². The van der Waals surface area contributed by atoms with Gasteiger partial charge in [0.05, 0.1) is 5.60 Å². The molecule has 4 saturated carbocycles. The molecule has 0 aromatic rings. The first-order valence-corrected chi connectivity index (χ1v) is 9.15. The molecule has 2 bridgehead atoms. The fourth-order valence-corrected chi connectivity index (χ4v) is 6.04. The Morgan fingerprint density at radius 1 is 1.00 bits per heavy atom. The highest BCUT2D eigenvalue weighted by Crippen LogP contribution is 2.79. The Bertz CT molecular complexity index is 405. The van der Waals surface area contributed by atoms with Gasteiger partial charge in [0.15, 0.2) is 6.29 Å². The van der Waals surface area contributed by atoms with E-state index in [9.17, 15) is 5.11 Å². The molecule has 22 heavy (non-hydrogen) atoms. The largest absolute Gasteiger partial charge is 0.389 e. The SMILES string of the molecule is CCOC(OCC)C1CCC(C)(C)CC1(O)C12CC(C)(C1)C2. The summed E-state index contributed by atoms with van der Waals surface area (Å²) in [5.74, 6) is 0.116. The average Bonchev–Trinajstić information content (AvgIpc) is 2.33. The minimum Gasteiger partial charge on any atom is -0.389 e. The number of rotatable bonds is 6. The van der Waals surface area contributed by atoms with Crippen LogP contribution in [-0.2, 0) is 9.47 Å². The molecule has 2 unspecified atom stereocenters. The van der Waals surface area contributed by atoms with E-state index in [0.717, 1.165) is 19.3 Å². The molecule has 3 heteroatoms. The summed E-state index contributed by atoms with van der Waals surface area (Å²) < 4.78 is 11.8. The normalized spacial score (nSPS) is 46.2. The zero-order valence-electron chi connectivity index (χ0n) is 15.1. The molecule has 3 nitrogen and oxygen atoms in total. The maximum Gasteiger partial charge on any atom is 0.163 e. The predicted octanol–water partition coefficient (Wildman–Crippen LogP) is 4.13. The van der Waals surface area contributed by atoms with Crippen molar-refractivity contribution in [2.24, 2.45) is 22.2 Å². The molecule has 0 saturated heterocycles. The monoisotopic (exact) mass is 310 g/mol. The first kappa shape index (κ1) is 16.7. The quantitative estimate of drug-likeness (QED) is 0.750. The summed E-state index contributed by atoms with van der Waals surface area (Å²) in [5.41, 5.74) is 0.233. The molecule has 0 amide bonds. The van der Waals surface area contributed by atoms with E-state index >= 15 is 0 Å². The molecule has 0 heterocycles. The highest BCUT2D eigenvalue weighted by atomic mass is 16.7. The van der Waals surface area contributed by atoms with Gasteiger partial charge in [0.2, 0.25) is 0 Å². The van der Waals surface area contributed by atoms with Crippen molar-refractivity contribution >= 4 is 0 Å². The smallest absolute Gasteiger partial charge is 0.163 e. The zero-order chi connectivity index (χ0) is 16.2. The second-order valence-corrected chi connectivity index (χ2v) is 9.31. The van der Waals surface area contributed by atoms with Crippen molar-refractivity contribution in [3.8, 4) is 0 Å². The lowest BCUT2D eigenvalue weighted by Gasteiger charge is -2.77. The molecule has 2 atom stereocenters. The maximum atomic E-state index is 11.9. The van der Waals surface area contributed by atoms with Crippen LogP contribution < -0.4 is 0 Å². The summed E-state index contributed by atoms with van der Waals surface area (Å²) in [6, 6.07) is 0. The molecule has 0 radical (unpaired) electrons. The van der Waals surface area contributed by atoms with Gasteiger partial charge in [-0.15, -0.1) is 0 Å². The summed E-state index contributed by atoms with van der Waals surface area (Å²) in [4.78, 5) is 0. The first-order chi connectivity index (χ1) is 10.2. The third-order valence-electron chi connectivity index (χ3n) is 6.70. The molecular weight excluding hydrogens is 276 g/mol. The van der Waals surface area contributed by atoms with Crippen molar-refractivity contribution < 1.29 is 14.6 Å². The van der Waals surface area contributed by atoms with Gasteiger partial charge in [0, 0.05) is 24.5 Å². The number of ether oxygens (including phenoxy) is 2. The van der Waals surface area contributed by atoms with E-state index in [4.69, 9.17) is 9.47 Å². The van der Waals surface area contributed by atoms with Crippen LogP contribution in [0.15, 0.2) is 0 Å². The lowest BCUT2D eigenvalue weighted by atomic mass is 9.29. The van der Waals surface area contributed by atoms with E-state index < -0.39 is 5.60 Å². The van der Waals surface area contributed by atoms with Gasteiger partial charge < -0.3 is 14.6 Å². The molecule has 4 aliphatic carbocycles. The lowest BCUT2D eigenvalue weighted by molar-refractivity contribution is -0.346. The van der Waals surface area contributed by atoms with Crippen LogP contribution in [0, 0.1) is 22.2 Å². The Morgan fingerprint density at radius 2 is 1.55 bits per heavy atom. The molecule has 0 aromatic heterocycles. The minimum atomic E-state index is -0.623. The Labute approximate surface area is 135 Å². The van der Waals surface area contributed by atoms with Crippen LogP contribution in [0.1, 0.15) is 73.1 Å². The molecule has 128 valence electrons. The lowest BCUT2D eigenvalue weighted by Crippen LogP contribution is -2.75. The van der Waals surface area contributed by atoms with Gasteiger partial charge in [-0.3, -0.25) is 0 Å². The topological polar surface area (TPSA) is 38.7 Å². The van der Waals surface area contributed by atoms with Crippen LogP contribution in [-0.4, -0.2) is 30.2 Å². The van der Waals surface area contributed by atoms with E-state index in [1.54, 1.807) is 0 Å². The summed E-state index contributed by atoms with van der Waals surface area (Å²) in [6.45, 7) is 12.3. The van der Waals surface area contributed by atoms with E-state index in [-0.39, 0.29) is 23.0 Å². The first-order valence-electron chi connectivity index (χ1n) is 9.15. The predicted molar refractivity (Wildman–Crippen MR) is 87.5 cm³/mol. The van der Waals surface area contributed by atoms with Gasteiger partial charge in [0.25, 0.3) is 0 Å². The van der Waals surface area contributed by atoms with Crippen molar-refractivity contribution in [2.75, 3.05) is 13.2 Å². The standard InChI is InChI=1S/C19H34O3/c1-6-21-15(22-7-2)14-8-9-16(3,4)10-19(14,20)18-11-17(5,12-18)13-18/h14-15,20H,6-13H2,1-5H3. The molecule has 0 aromatic carbocycles. The Balaban J connectivity index is 1.86. The van der Waals surface area contributed by atoms with E-state index in [1.807, 2.05) is 13.8 Å². The van der Waals surface area contributed by atoms with Crippen LogP contribution in [0.4, 0.5) is 0 Å². The second kappa shape index (κ2) is 5.19. The fourth-order valence-electron chi connectivity index (χ4n) is 6.04. The number of aliphatic hydroxyl groups is 1. The van der Waals surface area contributed by atoms with Gasteiger partial charge in [-0.2, -0.15) is 0 Å². The van der Waals surface area contributed by atoms with E-state index in [1.165, 1.54) is 19.3 Å². The van der Waals surface area contributed by atoms with Crippen LogP contribution in [0.25, 0.3) is 0 Å². The van der Waals surface area contributed by atoms with Gasteiger partial charge in [-0.05, 0) is 63.2 Å². The van der Waals surface area contributed by atoms with Crippen molar-refractivity contribution in [2.45, 2.75) is 85.0 Å². The van der Waals surface area contributed by atoms with Gasteiger partial charge in [-0.1, -0.05) is 20.8 Å². The summed E-state index contributed by atoms with van der Waals surface area (Å²) in [5, 5.41) is 11.9. The Kier molecular flexibility index (Phi) is 3.95. The minimum absolute atomic E-state index is 0.116. The van der Waals surface area contributed by atoms with Crippen molar-refractivity contribution in [3.63, 3.8) is 0 Å². The molecule has 4 fully saturated rings. The van der Waals surface area contributed by atoms with Gasteiger partial charge in [-0.25, -0.2) is 0 Å². The Hall–Kier alpha value is -0.120. The van der Waals surface area contributed by atoms with Crippen LogP contribution in [0.5, 0.6) is 0 Å². The molecule has 0 aliphatic heterocycles. The van der Waals surface area contributed by atoms with Crippen molar-refractivity contribution in [1.29, 1.82) is 0 Å². The Morgan fingerprint density at radius 3 is 2.00 bits per heavy atom. The second-order valence-electron chi connectivity index (χ2n) is 9.31. The third kappa shape index (κ3) is 2.35. The summed E-state index contributed by atoms with van der Waals surface area (Å²) >= 11 is 0. The number of hydrogen-bond donors (Lipinski definition) is 1. The average molecular weight is 310 g/mol. The van der Waals surface area contributed by atoms with Crippen molar-refractivity contribution in [1.82, 2.24) is 0 Å². The van der Waals surface area contributed by atoms with Gasteiger partial charge >= 0.3 is 0 Å². The van der Waals surface area contributed by atoms with Gasteiger partial charge in [0.1, 0.15) is 0 Å². The zero-order valence-corrected chi connectivity index (χ0v) is 15.1. The highest BCUT2D eigenvalue weighted by molar-refractivity contribution is 5.25. The molecular formula is C19H34O3. The van der Waals surface area contributed by atoms with Crippen LogP contribution >= 0.6 is 0 Å². The third-order valence-corrected chi connectivity index (χ3v) is 6.70. The van der Waals surface area contributed by atoms with Crippen molar-refractivity contribution in [3.05, 3.63) is 0 Å². The summed E-state index contributed by atoms with van der Waals surface area (Å²) in [7, 11) is 0. The van der Waals surface area contributed by atoms with Crippen LogP contribution in [0.3, 0.4) is 0 Å². The molecule has 0 spiro atoms. The molecule has 4 rings (SSSR count). The van der Waals surface area contributed by atoms with Crippen LogP contribution in [0.2, 0.25) is 0 Å². The molecule has 1 N–H and O–H groups in total. The summed E-state index contributed by atoms with van der Waals surface area (Å²) in [6.07, 6.45) is 6.35. The maximum absolute atomic E-state index is 11.9. The highest BCUT2D eigenvalue weighted by Gasteiger charge is 2.75. The number of hydrogen-bond acceptors (Lipinski definition) is 3. The van der Waals surface area contributed by atoms with E-state index in [2.05, 4.69) is 20.8 Å².